The maximum Gasteiger partial charge on any atom is 0.179 e. The molecule has 0 bridgehead atoms. The molecule has 2 aliphatic heterocycles. The van der Waals surface area contributed by atoms with Crippen molar-refractivity contribution in [2.75, 3.05) is 13.2 Å². The summed E-state index contributed by atoms with van der Waals surface area (Å²) in [5.41, 5.74) is 21.3. The lowest BCUT2D eigenvalue weighted by atomic mass is 9.91. The maximum atomic E-state index is 6.63. The van der Waals surface area contributed by atoms with Crippen LogP contribution in [-0.4, -0.2) is 27.8 Å². The van der Waals surface area contributed by atoms with E-state index in [0.29, 0.717) is 17.6 Å². The summed E-state index contributed by atoms with van der Waals surface area (Å²) in [6.45, 7) is 1.68. The highest BCUT2D eigenvalue weighted by molar-refractivity contribution is 5.53. The van der Waals surface area contributed by atoms with E-state index in [1.165, 1.54) is 0 Å². The number of allylic oxidation sites excluding steroid dienone is 1. The predicted octanol–water partition coefficient (Wildman–Crippen LogP) is 0.584. The highest BCUT2D eigenvalue weighted by Gasteiger charge is 2.33. The van der Waals surface area contributed by atoms with Crippen molar-refractivity contribution in [1.29, 1.82) is 0 Å². The van der Waals surface area contributed by atoms with Gasteiger partial charge in [0.2, 0.25) is 0 Å². The summed E-state index contributed by atoms with van der Waals surface area (Å²) in [5.74, 6) is 1.77. The second-order valence-electron chi connectivity index (χ2n) is 7.38. The van der Waals surface area contributed by atoms with E-state index >= 15 is 0 Å². The zero-order valence-electron chi connectivity index (χ0n) is 15.0. The van der Waals surface area contributed by atoms with E-state index < -0.39 is 5.54 Å². The van der Waals surface area contributed by atoms with Crippen LogP contribution in [0.2, 0.25) is 0 Å². The molecule has 0 radical (unpaired) electrons. The summed E-state index contributed by atoms with van der Waals surface area (Å²) in [4.78, 5) is 4.71. The molecule has 0 aromatic carbocycles. The highest BCUT2D eigenvalue weighted by atomic mass is 16.5. The Balaban J connectivity index is 1.50. The molecule has 6 N–H and O–H groups in total. The van der Waals surface area contributed by atoms with E-state index in [9.17, 15) is 0 Å². The molecule has 1 saturated heterocycles. The number of rotatable bonds is 3. The first-order valence-electron chi connectivity index (χ1n) is 9.28. The molecule has 0 spiro atoms. The quantitative estimate of drug-likeness (QED) is 0.629. The van der Waals surface area contributed by atoms with Crippen LogP contribution in [0.25, 0.3) is 5.65 Å². The van der Waals surface area contributed by atoms with E-state index in [4.69, 9.17) is 26.3 Å². The molecule has 2 aromatic rings. The van der Waals surface area contributed by atoms with Gasteiger partial charge in [0.25, 0.3) is 0 Å². The van der Waals surface area contributed by atoms with Crippen molar-refractivity contribution in [2.45, 2.75) is 24.8 Å². The van der Waals surface area contributed by atoms with E-state index in [-0.39, 0.29) is 0 Å². The molecule has 8 nitrogen and oxygen atoms in total. The van der Waals surface area contributed by atoms with Crippen LogP contribution < -0.4 is 22.3 Å². The van der Waals surface area contributed by atoms with Crippen LogP contribution in [-0.2, 0) is 16.7 Å². The van der Waals surface area contributed by atoms with Crippen LogP contribution in [0.15, 0.2) is 53.5 Å². The van der Waals surface area contributed by atoms with Gasteiger partial charge in [0, 0.05) is 24.5 Å². The fraction of sp³-hybridized carbons (Fsp3) is 0.368. The van der Waals surface area contributed by atoms with Crippen molar-refractivity contribution in [2.24, 2.45) is 17.4 Å². The normalized spacial score (nSPS) is 25.3. The van der Waals surface area contributed by atoms with Crippen molar-refractivity contribution in [3.8, 4) is 0 Å². The zero-order chi connectivity index (χ0) is 18.4. The lowest BCUT2D eigenvalue weighted by Gasteiger charge is -2.23. The van der Waals surface area contributed by atoms with Gasteiger partial charge in [-0.25, -0.2) is 9.50 Å². The highest BCUT2D eigenvalue weighted by Crippen LogP contribution is 2.30. The molecule has 5 rings (SSSR count). The standard InChI is InChI=1S/C19H23N7O/c20-17-14-4-7-19(21,11-15(14)23-24-17)18-22-16-3-1-2-13(26(16)25-18)10-12-5-8-27-9-6-12/h1-4,7,11-12,23-24H,5-6,8-10,20-21H2. The van der Waals surface area contributed by atoms with Gasteiger partial charge in [-0.1, -0.05) is 18.2 Å². The minimum absolute atomic E-state index is 0.567. The summed E-state index contributed by atoms with van der Waals surface area (Å²) < 4.78 is 7.40. The molecule has 2 aromatic heterocycles. The van der Waals surface area contributed by atoms with Crippen molar-refractivity contribution in [3.05, 3.63) is 65.0 Å². The molecule has 1 fully saturated rings. The molecular weight excluding hydrogens is 342 g/mol. The molecular formula is C19H23N7O. The third-order valence-corrected chi connectivity index (χ3v) is 5.49. The van der Waals surface area contributed by atoms with Crippen molar-refractivity contribution in [1.82, 2.24) is 25.4 Å². The summed E-state index contributed by atoms with van der Waals surface area (Å²) in [5, 5.41) is 4.76. The first kappa shape index (κ1) is 16.3. The monoisotopic (exact) mass is 365 g/mol. The average molecular weight is 365 g/mol. The zero-order valence-corrected chi connectivity index (χ0v) is 15.0. The predicted molar refractivity (Wildman–Crippen MR) is 101 cm³/mol. The maximum absolute atomic E-state index is 6.63. The molecule has 4 heterocycles. The van der Waals surface area contributed by atoms with E-state index in [0.717, 1.165) is 55.1 Å². The largest absolute Gasteiger partial charge is 0.384 e. The van der Waals surface area contributed by atoms with E-state index in [1.807, 2.05) is 34.9 Å². The minimum Gasteiger partial charge on any atom is -0.384 e. The summed E-state index contributed by atoms with van der Waals surface area (Å²) in [7, 11) is 0. The topological polar surface area (TPSA) is 116 Å². The minimum atomic E-state index is -0.889. The Hall–Kier alpha value is -2.84. The van der Waals surface area contributed by atoms with Gasteiger partial charge in [0.05, 0.1) is 5.70 Å². The Morgan fingerprint density at radius 1 is 1.26 bits per heavy atom. The van der Waals surface area contributed by atoms with Gasteiger partial charge < -0.3 is 16.2 Å². The van der Waals surface area contributed by atoms with Gasteiger partial charge in [-0.3, -0.25) is 10.9 Å². The summed E-state index contributed by atoms with van der Waals surface area (Å²) in [6.07, 6.45) is 8.84. The number of nitrogens with one attached hydrogen (secondary N) is 2. The third kappa shape index (κ3) is 2.77. The molecule has 1 aliphatic carbocycles. The Morgan fingerprint density at radius 3 is 2.96 bits per heavy atom. The number of aromatic nitrogens is 3. The Morgan fingerprint density at radius 2 is 2.11 bits per heavy atom. The Labute approximate surface area is 156 Å². The number of hydrazine groups is 1. The van der Waals surface area contributed by atoms with Gasteiger partial charge in [-0.05, 0) is 43.4 Å². The Kier molecular flexibility index (Phi) is 3.70. The average Bonchev–Trinajstić information content (AvgIpc) is 3.27. The summed E-state index contributed by atoms with van der Waals surface area (Å²) in [6, 6.07) is 6.11. The van der Waals surface area contributed by atoms with Gasteiger partial charge in [-0.15, -0.1) is 5.10 Å². The van der Waals surface area contributed by atoms with E-state index in [1.54, 1.807) is 0 Å². The SMILES string of the molecule is NC1=C2C=CC(N)(c3nc4cccc(CC5CCOCC5)n4n3)C=C2NN1. The molecule has 27 heavy (non-hydrogen) atoms. The Bertz CT molecular complexity index is 983. The smallest absolute Gasteiger partial charge is 0.179 e. The van der Waals surface area contributed by atoms with Gasteiger partial charge in [-0.2, -0.15) is 0 Å². The number of pyridine rings is 1. The second kappa shape index (κ2) is 6.11. The van der Waals surface area contributed by atoms with Crippen molar-refractivity contribution < 1.29 is 4.74 Å². The molecule has 140 valence electrons. The third-order valence-electron chi connectivity index (χ3n) is 5.49. The molecule has 0 amide bonds. The molecule has 0 saturated carbocycles. The number of hydrogen-bond donors (Lipinski definition) is 4. The number of ether oxygens (including phenoxy) is 1. The van der Waals surface area contributed by atoms with Crippen LogP contribution in [0.5, 0.6) is 0 Å². The number of fused-ring (bicyclic) bond motifs is 2. The summed E-state index contributed by atoms with van der Waals surface area (Å²) >= 11 is 0. The van der Waals surface area contributed by atoms with E-state index in [2.05, 4.69) is 16.9 Å². The van der Waals surface area contributed by atoms with Crippen LogP contribution in [0, 0.1) is 5.92 Å². The first-order chi connectivity index (χ1) is 13.1. The van der Waals surface area contributed by atoms with Crippen LogP contribution in [0.3, 0.4) is 0 Å². The van der Waals surface area contributed by atoms with Crippen molar-refractivity contribution in [3.63, 3.8) is 0 Å². The van der Waals surface area contributed by atoms with Gasteiger partial charge >= 0.3 is 0 Å². The second-order valence-corrected chi connectivity index (χ2v) is 7.38. The molecule has 3 aliphatic rings. The lowest BCUT2D eigenvalue weighted by molar-refractivity contribution is 0.0661. The lowest BCUT2D eigenvalue weighted by Crippen LogP contribution is -2.37. The van der Waals surface area contributed by atoms with Gasteiger partial charge in [0.15, 0.2) is 11.5 Å². The number of nitrogens with zero attached hydrogens (tertiary/aromatic N) is 3. The van der Waals surface area contributed by atoms with Gasteiger partial charge in [0.1, 0.15) is 11.4 Å². The number of nitrogens with two attached hydrogens (primary N) is 2. The molecule has 1 unspecified atom stereocenters. The fourth-order valence-electron chi connectivity index (χ4n) is 3.90. The fourth-order valence-corrected chi connectivity index (χ4v) is 3.90. The number of hydrogen-bond acceptors (Lipinski definition) is 7. The van der Waals surface area contributed by atoms with Crippen molar-refractivity contribution >= 4 is 5.65 Å². The molecule has 8 heteroatoms. The first-order valence-corrected chi connectivity index (χ1v) is 9.28. The molecule has 1 atom stereocenters. The van der Waals surface area contributed by atoms with Crippen LogP contribution in [0.4, 0.5) is 0 Å². The van der Waals surface area contributed by atoms with Crippen LogP contribution >= 0.6 is 0 Å². The van der Waals surface area contributed by atoms with Crippen LogP contribution in [0.1, 0.15) is 24.4 Å².